The lowest BCUT2D eigenvalue weighted by atomic mass is 10.2. The summed E-state index contributed by atoms with van der Waals surface area (Å²) in [6.45, 7) is 4.08. The van der Waals surface area contributed by atoms with Gasteiger partial charge in [0.05, 0.1) is 19.3 Å². The van der Waals surface area contributed by atoms with Gasteiger partial charge in [0.1, 0.15) is 5.69 Å². The Morgan fingerprint density at radius 3 is 2.84 bits per heavy atom. The van der Waals surface area contributed by atoms with Crippen molar-refractivity contribution in [3.05, 3.63) is 53.9 Å². The van der Waals surface area contributed by atoms with Crippen LogP contribution in [0.4, 0.5) is 0 Å². The van der Waals surface area contributed by atoms with E-state index in [1.54, 1.807) is 17.2 Å². The Kier molecular flexibility index (Phi) is 6.16. The molecule has 0 spiro atoms. The summed E-state index contributed by atoms with van der Waals surface area (Å²) in [5.74, 6) is -0.126. The van der Waals surface area contributed by atoms with Crippen LogP contribution >= 0.6 is 0 Å². The highest BCUT2D eigenvalue weighted by molar-refractivity contribution is 5.92. The van der Waals surface area contributed by atoms with Gasteiger partial charge in [0, 0.05) is 38.9 Å². The number of hydrogen-bond acceptors (Lipinski definition) is 5. The SMILES string of the molecule is O=C(c1ccn[nH]1)N1CCN(CCOCc2ccccc2)CC(O)C1. The normalized spacial score (nSPS) is 18.9. The third-order valence-electron chi connectivity index (χ3n) is 4.27. The second-order valence-corrected chi connectivity index (χ2v) is 6.21. The number of aliphatic hydroxyl groups excluding tert-OH is 1. The summed E-state index contributed by atoms with van der Waals surface area (Å²) >= 11 is 0. The number of nitrogens with zero attached hydrogens (tertiary/aromatic N) is 3. The van der Waals surface area contributed by atoms with Gasteiger partial charge in [-0.25, -0.2) is 0 Å². The monoisotopic (exact) mass is 344 g/mol. The van der Waals surface area contributed by atoms with Crippen LogP contribution in [-0.4, -0.2) is 76.4 Å². The lowest BCUT2D eigenvalue weighted by molar-refractivity contribution is 0.0633. The van der Waals surface area contributed by atoms with Gasteiger partial charge in [-0.2, -0.15) is 5.10 Å². The van der Waals surface area contributed by atoms with Crippen molar-refractivity contribution in [2.75, 3.05) is 39.3 Å². The highest BCUT2D eigenvalue weighted by Gasteiger charge is 2.25. The Bertz CT molecular complexity index is 648. The molecule has 7 nitrogen and oxygen atoms in total. The molecule has 1 aliphatic heterocycles. The van der Waals surface area contributed by atoms with Crippen molar-refractivity contribution in [2.45, 2.75) is 12.7 Å². The first-order valence-corrected chi connectivity index (χ1v) is 8.53. The molecule has 1 atom stereocenters. The lowest BCUT2D eigenvalue weighted by Crippen LogP contribution is -2.37. The van der Waals surface area contributed by atoms with E-state index >= 15 is 0 Å². The molecule has 1 unspecified atom stereocenters. The third-order valence-corrected chi connectivity index (χ3v) is 4.27. The minimum absolute atomic E-state index is 0.126. The number of hydrogen-bond donors (Lipinski definition) is 2. The second-order valence-electron chi connectivity index (χ2n) is 6.21. The molecular weight excluding hydrogens is 320 g/mol. The number of rotatable bonds is 6. The van der Waals surface area contributed by atoms with Crippen molar-refractivity contribution in [3.63, 3.8) is 0 Å². The number of nitrogens with one attached hydrogen (secondary N) is 1. The summed E-state index contributed by atoms with van der Waals surface area (Å²) in [5, 5.41) is 16.7. The van der Waals surface area contributed by atoms with Crippen molar-refractivity contribution >= 4 is 5.91 Å². The number of carbonyl (C=O) groups excluding carboxylic acids is 1. The Morgan fingerprint density at radius 1 is 1.24 bits per heavy atom. The zero-order chi connectivity index (χ0) is 17.5. The number of ether oxygens (including phenoxy) is 1. The van der Waals surface area contributed by atoms with Crippen molar-refractivity contribution in [3.8, 4) is 0 Å². The fourth-order valence-corrected chi connectivity index (χ4v) is 2.95. The van der Waals surface area contributed by atoms with Crippen molar-refractivity contribution < 1.29 is 14.6 Å². The Labute approximate surface area is 147 Å². The zero-order valence-corrected chi connectivity index (χ0v) is 14.2. The quantitative estimate of drug-likeness (QED) is 0.756. The fourth-order valence-electron chi connectivity index (χ4n) is 2.95. The molecule has 1 saturated heterocycles. The third kappa shape index (κ3) is 5.12. The van der Waals surface area contributed by atoms with Gasteiger partial charge >= 0.3 is 0 Å². The van der Waals surface area contributed by atoms with Crippen molar-refractivity contribution in [1.29, 1.82) is 0 Å². The number of aromatic amines is 1. The number of β-amino-alcohol motifs (C(OH)–C–C–N with tert-alkyl or cyclic N) is 1. The molecule has 0 saturated carbocycles. The maximum Gasteiger partial charge on any atom is 0.271 e. The van der Waals surface area contributed by atoms with E-state index in [1.807, 2.05) is 30.3 Å². The predicted octanol–water partition coefficient (Wildman–Crippen LogP) is 0.745. The number of carbonyl (C=O) groups is 1. The van der Waals surface area contributed by atoms with Crippen LogP contribution in [-0.2, 0) is 11.3 Å². The molecule has 1 aromatic heterocycles. The molecule has 1 fully saturated rings. The summed E-state index contributed by atoms with van der Waals surface area (Å²) in [7, 11) is 0. The van der Waals surface area contributed by atoms with E-state index in [-0.39, 0.29) is 5.91 Å². The molecule has 0 bridgehead atoms. The van der Waals surface area contributed by atoms with Crippen LogP contribution < -0.4 is 0 Å². The van der Waals surface area contributed by atoms with Gasteiger partial charge in [-0.05, 0) is 11.6 Å². The molecule has 2 N–H and O–H groups in total. The lowest BCUT2D eigenvalue weighted by Gasteiger charge is -2.21. The molecule has 134 valence electrons. The van der Waals surface area contributed by atoms with Crippen LogP contribution in [0.3, 0.4) is 0 Å². The second kappa shape index (κ2) is 8.75. The molecule has 0 radical (unpaired) electrons. The van der Waals surface area contributed by atoms with Gasteiger partial charge < -0.3 is 14.7 Å². The topological polar surface area (TPSA) is 81.7 Å². The van der Waals surface area contributed by atoms with E-state index in [9.17, 15) is 9.90 Å². The molecule has 2 heterocycles. The smallest absolute Gasteiger partial charge is 0.271 e. The van der Waals surface area contributed by atoms with Crippen molar-refractivity contribution in [1.82, 2.24) is 20.0 Å². The molecule has 1 amide bonds. The van der Waals surface area contributed by atoms with Gasteiger partial charge in [-0.15, -0.1) is 0 Å². The first kappa shape index (κ1) is 17.6. The van der Waals surface area contributed by atoms with Gasteiger partial charge in [0.2, 0.25) is 0 Å². The summed E-state index contributed by atoms with van der Waals surface area (Å²) in [6, 6.07) is 11.7. The Balaban J connectivity index is 1.44. The fraction of sp³-hybridized carbons (Fsp3) is 0.444. The summed E-state index contributed by atoms with van der Waals surface area (Å²) in [6.07, 6.45) is 0.987. The van der Waals surface area contributed by atoms with E-state index in [0.717, 1.165) is 12.1 Å². The minimum Gasteiger partial charge on any atom is -0.390 e. The summed E-state index contributed by atoms with van der Waals surface area (Å²) < 4.78 is 5.71. The molecule has 25 heavy (non-hydrogen) atoms. The standard InChI is InChI=1S/C18H24N4O3/c23-16-12-21(10-11-25-14-15-4-2-1-3-5-15)8-9-22(13-16)18(24)17-6-7-19-20-17/h1-7,16,23H,8-14H2,(H,19,20). The van der Waals surface area contributed by atoms with Gasteiger partial charge in [0.25, 0.3) is 5.91 Å². The number of aromatic nitrogens is 2. The van der Waals surface area contributed by atoms with E-state index in [0.29, 0.717) is 45.1 Å². The average Bonchev–Trinajstić information content (AvgIpc) is 3.10. The van der Waals surface area contributed by atoms with Crippen LogP contribution in [0.15, 0.2) is 42.6 Å². The van der Waals surface area contributed by atoms with Crippen LogP contribution in [0.25, 0.3) is 0 Å². The summed E-state index contributed by atoms with van der Waals surface area (Å²) in [4.78, 5) is 16.2. The molecule has 1 aromatic carbocycles. The highest BCUT2D eigenvalue weighted by Crippen LogP contribution is 2.08. The Morgan fingerprint density at radius 2 is 2.08 bits per heavy atom. The molecule has 7 heteroatoms. The van der Waals surface area contributed by atoms with Crippen LogP contribution in [0.2, 0.25) is 0 Å². The van der Waals surface area contributed by atoms with E-state index in [4.69, 9.17) is 4.74 Å². The van der Waals surface area contributed by atoms with Gasteiger partial charge in [-0.1, -0.05) is 30.3 Å². The first-order valence-electron chi connectivity index (χ1n) is 8.53. The number of amides is 1. The van der Waals surface area contributed by atoms with Gasteiger partial charge in [-0.3, -0.25) is 14.8 Å². The molecule has 0 aliphatic carbocycles. The number of H-pyrrole nitrogens is 1. The predicted molar refractivity (Wildman–Crippen MR) is 93.0 cm³/mol. The van der Waals surface area contributed by atoms with Crippen LogP contribution in [0.5, 0.6) is 0 Å². The maximum absolute atomic E-state index is 12.4. The largest absolute Gasteiger partial charge is 0.390 e. The van der Waals surface area contributed by atoms with Gasteiger partial charge in [0.15, 0.2) is 0 Å². The van der Waals surface area contributed by atoms with Crippen LogP contribution in [0, 0.1) is 0 Å². The van der Waals surface area contributed by atoms with E-state index < -0.39 is 6.10 Å². The highest BCUT2D eigenvalue weighted by atomic mass is 16.5. The molecule has 1 aliphatic rings. The zero-order valence-electron chi connectivity index (χ0n) is 14.2. The average molecular weight is 344 g/mol. The van der Waals surface area contributed by atoms with Crippen molar-refractivity contribution in [2.24, 2.45) is 0 Å². The van der Waals surface area contributed by atoms with Crippen LogP contribution in [0.1, 0.15) is 16.1 Å². The summed E-state index contributed by atoms with van der Waals surface area (Å²) in [5.41, 5.74) is 1.60. The molecule has 3 rings (SSSR count). The minimum atomic E-state index is -0.566. The first-order chi connectivity index (χ1) is 12.2. The Hall–Kier alpha value is -2.22. The molecule has 2 aromatic rings. The molecular formula is C18H24N4O3. The number of aliphatic hydroxyl groups is 1. The number of benzene rings is 1. The maximum atomic E-state index is 12.4. The van der Waals surface area contributed by atoms with E-state index in [1.165, 1.54) is 0 Å². The van der Waals surface area contributed by atoms with E-state index in [2.05, 4.69) is 15.1 Å².